The first-order chi connectivity index (χ1) is 12.8. The van der Waals surface area contributed by atoms with Gasteiger partial charge in [-0.15, -0.1) is 11.3 Å². The maximum atomic E-state index is 6.64. The van der Waals surface area contributed by atoms with E-state index < -0.39 is 7.12 Å². The number of hydrogen-bond acceptors (Lipinski definition) is 3. The Morgan fingerprint density at radius 2 is 1.52 bits per heavy atom. The van der Waals surface area contributed by atoms with Crippen molar-refractivity contribution < 1.29 is 9.31 Å². The molecule has 0 N–H and O–H groups in total. The minimum Gasteiger partial charge on any atom is -0.399 e. The van der Waals surface area contributed by atoms with E-state index in [1.165, 1.54) is 20.9 Å². The zero-order valence-corrected chi connectivity index (χ0v) is 17.4. The molecule has 0 spiro atoms. The Balaban J connectivity index is 1.80. The highest BCUT2D eigenvalue weighted by molar-refractivity contribution is 7.28. The predicted molar refractivity (Wildman–Crippen MR) is 118 cm³/mol. The standard InChI is InChI=1S/C22H20BClO2S/c1-21(2)22(3,4)26-23(25-21)16-11-12-17(24)18-15-10-9-13-7-5-6-8-14(13)19(15)27-20(16)18/h5-12H,1-4H3. The summed E-state index contributed by atoms with van der Waals surface area (Å²) in [5, 5.41) is 5.55. The van der Waals surface area contributed by atoms with E-state index in [4.69, 9.17) is 20.9 Å². The molecule has 3 aromatic carbocycles. The van der Waals surface area contributed by atoms with Crippen molar-refractivity contribution in [1.82, 2.24) is 0 Å². The molecule has 0 aliphatic carbocycles. The number of benzene rings is 3. The second-order valence-electron chi connectivity index (χ2n) is 8.19. The lowest BCUT2D eigenvalue weighted by atomic mass is 9.78. The predicted octanol–water partition coefficient (Wildman–Crippen LogP) is 6.16. The smallest absolute Gasteiger partial charge is 0.399 e. The van der Waals surface area contributed by atoms with Crippen LogP contribution in [0, 0.1) is 0 Å². The Bertz CT molecular complexity index is 1200. The molecule has 0 amide bonds. The summed E-state index contributed by atoms with van der Waals surface area (Å²) in [5.74, 6) is 0. The van der Waals surface area contributed by atoms with Crippen molar-refractivity contribution in [3.63, 3.8) is 0 Å². The lowest BCUT2D eigenvalue weighted by Gasteiger charge is -2.32. The zero-order valence-electron chi connectivity index (χ0n) is 15.8. The van der Waals surface area contributed by atoms with E-state index in [0.717, 1.165) is 20.6 Å². The summed E-state index contributed by atoms with van der Waals surface area (Å²) < 4.78 is 15.0. The van der Waals surface area contributed by atoms with E-state index in [-0.39, 0.29) is 11.2 Å². The fourth-order valence-corrected chi connectivity index (χ4v) is 5.44. The molecule has 0 saturated carbocycles. The summed E-state index contributed by atoms with van der Waals surface area (Å²) in [6.07, 6.45) is 0. The summed E-state index contributed by atoms with van der Waals surface area (Å²) in [6.45, 7) is 8.33. The van der Waals surface area contributed by atoms with Gasteiger partial charge in [-0.2, -0.15) is 0 Å². The van der Waals surface area contributed by atoms with Gasteiger partial charge >= 0.3 is 7.12 Å². The number of thiophene rings is 1. The SMILES string of the molecule is CC1(C)OB(c2ccc(Cl)c3c2sc2c4ccccc4ccc23)OC1(C)C. The van der Waals surface area contributed by atoms with Crippen molar-refractivity contribution in [2.24, 2.45) is 0 Å². The van der Waals surface area contributed by atoms with Gasteiger partial charge in [0, 0.05) is 30.7 Å². The summed E-state index contributed by atoms with van der Waals surface area (Å²) >= 11 is 8.42. The average Bonchev–Trinajstić information content (AvgIpc) is 3.10. The van der Waals surface area contributed by atoms with Crippen molar-refractivity contribution in [2.45, 2.75) is 38.9 Å². The van der Waals surface area contributed by atoms with Gasteiger partial charge in [0.25, 0.3) is 0 Å². The molecule has 1 aliphatic heterocycles. The van der Waals surface area contributed by atoms with E-state index >= 15 is 0 Å². The Kier molecular flexibility index (Phi) is 3.70. The highest BCUT2D eigenvalue weighted by Gasteiger charge is 2.52. The molecule has 0 unspecified atom stereocenters. The highest BCUT2D eigenvalue weighted by atomic mass is 35.5. The first-order valence-electron chi connectivity index (χ1n) is 9.16. The monoisotopic (exact) mass is 394 g/mol. The van der Waals surface area contributed by atoms with Crippen LogP contribution >= 0.6 is 22.9 Å². The van der Waals surface area contributed by atoms with Crippen LogP contribution in [0.4, 0.5) is 0 Å². The van der Waals surface area contributed by atoms with Gasteiger partial charge in [-0.25, -0.2) is 0 Å². The summed E-state index contributed by atoms with van der Waals surface area (Å²) in [6, 6.07) is 16.8. The van der Waals surface area contributed by atoms with Crippen LogP contribution in [0.3, 0.4) is 0 Å². The molecular formula is C22H20BClO2S. The van der Waals surface area contributed by atoms with Crippen LogP contribution < -0.4 is 5.46 Å². The van der Waals surface area contributed by atoms with Crippen LogP contribution in [0.5, 0.6) is 0 Å². The van der Waals surface area contributed by atoms with Crippen molar-refractivity contribution in [1.29, 1.82) is 0 Å². The van der Waals surface area contributed by atoms with Gasteiger partial charge in [-0.3, -0.25) is 0 Å². The van der Waals surface area contributed by atoms with Crippen molar-refractivity contribution in [2.75, 3.05) is 0 Å². The lowest BCUT2D eigenvalue weighted by molar-refractivity contribution is 0.00578. The number of hydrogen-bond donors (Lipinski definition) is 0. The molecular weight excluding hydrogens is 375 g/mol. The van der Waals surface area contributed by atoms with Crippen LogP contribution in [-0.4, -0.2) is 18.3 Å². The minimum atomic E-state index is -0.394. The van der Waals surface area contributed by atoms with E-state index in [1.807, 2.05) is 12.1 Å². The van der Waals surface area contributed by atoms with Gasteiger partial charge in [0.15, 0.2) is 0 Å². The molecule has 0 radical (unpaired) electrons. The number of halogens is 1. The van der Waals surface area contributed by atoms with Crippen LogP contribution in [0.15, 0.2) is 48.5 Å². The minimum absolute atomic E-state index is 0.368. The van der Waals surface area contributed by atoms with Gasteiger partial charge in [-0.1, -0.05) is 54.1 Å². The molecule has 5 rings (SSSR count). The molecule has 1 aromatic heterocycles. The van der Waals surface area contributed by atoms with Crippen molar-refractivity contribution in [3.8, 4) is 0 Å². The van der Waals surface area contributed by atoms with Crippen molar-refractivity contribution in [3.05, 3.63) is 53.6 Å². The van der Waals surface area contributed by atoms with E-state index in [2.05, 4.69) is 64.1 Å². The Morgan fingerprint density at radius 3 is 2.26 bits per heavy atom. The quantitative estimate of drug-likeness (QED) is 0.360. The van der Waals surface area contributed by atoms with E-state index in [9.17, 15) is 0 Å². The zero-order chi connectivity index (χ0) is 19.0. The van der Waals surface area contributed by atoms with Gasteiger partial charge in [-0.05, 0) is 44.5 Å². The van der Waals surface area contributed by atoms with Gasteiger partial charge in [0.2, 0.25) is 0 Å². The summed E-state index contributed by atoms with van der Waals surface area (Å²) in [7, 11) is -0.394. The van der Waals surface area contributed by atoms with Crippen LogP contribution in [0.25, 0.3) is 30.9 Å². The van der Waals surface area contributed by atoms with Crippen molar-refractivity contribution >= 4 is 66.5 Å². The lowest BCUT2D eigenvalue weighted by Crippen LogP contribution is -2.41. The third-order valence-electron chi connectivity index (χ3n) is 6.00. The molecule has 4 aromatic rings. The van der Waals surface area contributed by atoms with Gasteiger partial charge in [0.1, 0.15) is 0 Å². The third-order valence-corrected chi connectivity index (χ3v) is 7.60. The molecule has 1 fully saturated rings. The fourth-order valence-electron chi connectivity index (χ4n) is 3.74. The second-order valence-corrected chi connectivity index (χ2v) is 9.62. The normalized spacial score (nSPS) is 18.8. The Labute approximate surface area is 168 Å². The summed E-state index contributed by atoms with van der Waals surface area (Å²) in [4.78, 5) is 0. The topological polar surface area (TPSA) is 18.5 Å². The van der Waals surface area contributed by atoms with E-state index in [0.29, 0.717) is 0 Å². The number of rotatable bonds is 1. The molecule has 2 heterocycles. The molecule has 0 bridgehead atoms. The second kappa shape index (κ2) is 5.71. The van der Waals surface area contributed by atoms with E-state index in [1.54, 1.807) is 11.3 Å². The molecule has 1 saturated heterocycles. The molecule has 5 heteroatoms. The molecule has 2 nitrogen and oxygen atoms in total. The third kappa shape index (κ3) is 2.47. The maximum Gasteiger partial charge on any atom is 0.496 e. The molecule has 136 valence electrons. The van der Waals surface area contributed by atoms with Gasteiger partial charge in [0.05, 0.1) is 11.2 Å². The highest BCUT2D eigenvalue weighted by Crippen LogP contribution is 2.42. The summed E-state index contributed by atoms with van der Waals surface area (Å²) in [5.41, 5.74) is 0.318. The first-order valence-corrected chi connectivity index (χ1v) is 10.4. The van der Waals surface area contributed by atoms with Crippen LogP contribution in [0.2, 0.25) is 5.02 Å². The fraction of sp³-hybridized carbons (Fsp3) is 0.273. The average molecular weight is 395 g/mol. The molecule has 0 atom stereocenters. The maximum absolute atomic E-state index is 6.64. The molecule has 1 aliphatic rings. The van der Waals surface area contributed by atoms with Crippen LogP contribution in [-0.2, 0) is 9.31 Å². The van der Waals surface area contributed by atoms with Crippen LogP contribution in [0.1, 0.15) is 27.7 Å². The first kappa shape index (κ1) is 17.5. The number of fused-ring (bicyclic) bond motifs is 5. The Hall–Kier alpha value is -1.59. The largest absolute Gasteiger partial charge is 0.496 e. The van der Waals surface area contributed by atoms with Gasteiger partial charge < -0.3 is 9.31 Å². The Morgan fingerprint density at radius 1 is 0.815 bits per heavy atom. The molecule has 27 heavy (non-hydrogen) atoms.